The van der Waals surface area contributed by atoms with E-state index in [9.17, 15) is 8.42 Å². The van der Waals surface area contributed by atoms with Crippen LogP contribution >= 0.6 is 0 Å². The lowest BCUT2D eigenvalue weighted by Gasteiger charge is -2.16. The molecule has 0 bridgehead atoms. The van der Waals surface area contributed by atoms with Crippen molar-refractivity contribution in [2.75, 3.05) is 7.11 Å². The number of rotatable bonds is 3. The Morgan fingerprint density at radius 1 is 1.22 bits per heavy atom. The van der Waals surface area contributed by atoms with Gasteiger partial charge in [0.05, 0.1) is 17.3 Å². The summed E-state index contributed by atoms with van der Waals surface area (Å²) in [7, 11) is -1.72. The summed E-state index contributed by atoms with van der Waals surface area (Å²) in [6.07, 6.45) is 5.65. The maximum Gasteiger partial charge on any atom is 0.185 e. The summed E-state index contributed by atoms with van der Waals surface area (Å²) in [5, 5.41) is -0.501. The molecule has 0 fully saturated rings. The molecule has 1 aliphatic carbocycles. The average Bonchev–Trinajstić information content (AvgIpc) is 2.39. The van der Waals surface area contributed by atoms with Crippen LogP contribution in [-0.4, -0.2) is 20.8 Å². The van der Waals surface area contributed by atoms with E-state index in [4.69, 9.17) is 4.74 Å². The molecule has 3 nitrogen and oxygen atoms in total. The molecule has 0 aromatic heterocycles. The number of ether oxygens (including phenoxy) is 1. The second-order valence-electron chi connectivity index (χ2n) is 4.30. The molecule has 0 saturated heterocycles. The van der Waals surface area contributed by atoms with E-state index < -0.39 is 15.1 Å². The van der Waals surface area contributed by atoms with Gasteiger partial charge < -0.3 is 4.74 Å². The van der Waals surface area contributed by atoms with Crippen LogP contribution in [0.4, 0.5) is 0 Å². The first-order chi connectivity index (χ1) is 8.54. The highest BCUT2D eigenvalue weighted by Gasteiger charge is 2.26. The van der Waals surface area contributed by atoms with Gasteiger partial charge in [-0.1, -0.05) is 23.8 Å². The van der Waals surface area contributed by atoms with Gasteiger partial charge in [-0.15, -0.1) is 0 Å². The minimum Gasteiger partial charge on any atom is -0.497 e. The SMILES string of the molecule is COC1=CCC(S(=O)(=O)c2ccc(C)cc2)C=C1. The van der Waals surface area contributed by atoms with Crippen LogP contribution in [-0.2, 0) is 14.6 Å². The summed E-state index contributed by atoms with van der Waals surface area (Å²) in [5.74, 6) is 0.713. The third-order valence-electron chi connectivity index (χ3n) is 3.01. The quantitative estimate of drug-likeness (QED) is 0.843. The number of aryl methyl sites for hydroxylation is 1. The van der Waals surface area contributed by atoms with Gasteiger partial charge in [-0.2, -0.15) is 0 Å². The maximum atomic E-state index is 12.4. The Balaban J connectivity index is 2.26. The smallest absolute Gasteiger partial charge is 0.185 e. The minimum atomic E-state index is -3.30. The Kier molecular flexibility index (Phi) is 3.57. The van der Waals surface area contributed by atoms with Gasteiger partial charge in [-0.05, 0) is 37.6 Å². The fourth-order valence-corrected chi connectivity index (χ4v) is 3.37. The number of hydrogen-bond acceptors (Lipinski definition) is 3. The molecule has 1 aliphatic rings. The molecule has 0 saturated carbocycles. The van der Waals surface area contributed by atoms with E-state index in [0.29, 0.717) is 17.1 Å². The highest BCUT2D eigenvalue weighted by Crippen LogP contribution is 2.24. The van der Waals surface area contributed by atoms with E-state index in [-0.39, 0.29) is 0 Å². The maximum absolute atomic E-state index is 12.4. The Labute approximate surface area is 108 Å². The van der Waals surface area contributed by atoms with Gasteiger partial charge in [-0.25, -0.2) is 8.42 Å². The molecule has 2 rings (SSSR count). The van der Waals surface area contributed by atoms with Gasteiger partial charge in [0.25, 0.3) is 0 Å². The monoisotopic (exact) mass is 264 g/mol. The molecule has 18 heavy (non-hydrogen) atoms. The Hall–Kier alpha value is -1.55. The molecule has 0 N–H and O–H groups in total. The lowest BCUT2D eigenvalue weighted by Crippen LogP contribution is -2.20. The normalized spacial score (nSPS) is 19.4. The Morgan fingerprint density at radius 2 is 1.89 bits per heavy atom. The van der Waals surface area contributed by atoms with Crippen molar-refractivity contribution in [2.24, 2.45) is 0 Å². The molecule has 1 atom stereocenters. The van der Waals surface area contributed by atoms with Crippen molar-refractivity contribution in [1.82, 2.24) is 0 Å². The largest absolute Gasteiger partial charge is 0.497 e. The first kappa shape index (κ1) is 12.9. The number of sulfone groups is 1. The molecule has 0 spiro atoms. The van der Waals surface area contributed by atoms with Crippen molar-refractivity contribution in [2.45, 2.75) is 23.5 Å². The highest BCUT2D eigenvalue weighted by atomic mass is 32.2. The summed E-state index contributed by atoms with van der Waals surface area (Å²) in [6, 6.07) is 6.95. The van der Waals surface area contributed by atoms with Crippen LogP contribution in [0.1, 0.15) is 12.0 Å². The van der Waals surface area contributed by atoms with Crippen LogP contribution in [0, 0.1) is 6.92 Å². The molecule has 96 valence electrons. The van der Waals surface area contributed by atoms with Crippen molar-refractivity contribution in [3.8, 4) is 0 Å². The third kappa shape index (κ3) is 2.48. The van der Waals surface area contributed by atoms with E-state index in [2.05, 4.69) is 0 Å². The number of methoxy groups -OCH3 is 1. The van der Waals surface area contributed by atoms with E-state index in [1.54, 1.807) is 37.5 Å². The molecule has 0 aliphatic heterocycles. The van der Waals surface area contributed by atoms with Crippen molar-refractivity contribution in [3.05, 3.63) is 53.8 Å². The summed E-state index contributed by atoms with van der Waals surface area (Å²) in [4.78, 5) is 0.372. The van der Waals surface area contributed by atoms with Gasteiger partial charge in [0.15, 0.2) is 9.84 Å². The van der Waals surface area contributed by atoms with Gasteiger partial charge in [0.1, 0.15) is 5.76 Å². The summed E-state index contributed by atoms with van der Waals surface area (Å²) in [6.45, 7) is 1.94. The van der Waals surface area contributed by atoms with Gasteiger partial charge in [0, 0.05) is 0 Å². The van der Waals surface area contributed by atoms with Crippen LogP contribution in [0.3, 0.4) is 0 Å². The molecule has 4 heteroatoms. The fraction of sp³-hybridized carbons (Fsp3) is 0.286. The second-order valence-corrected chi connectivity index (χ2v) is 6.47. The zero-order chi connectivity index (χ0) is 13.2. The molecule has 1 unspecified atom stereocenters. The first-order valence-electron chi connectivity index (χ1n) is 5.77. The predicted molar refractivity (Wildman–Crippen MR) is 71.0 cm³/mol. The van der Waals surface area contributed by atoms with E-state index in [0.717, 1.165) is 5.56 Å². The first-order valence-corrected chi connectivity index (χ1v) is 7.31. The highest BCUT2D eigenvalue weighted by molar-refractivity contribution is 7.92. The minimum absolute atomic E-state index is 0.372. The Bertz CT molecular complexity index is 580. The van der Waals surface area contributed by atoms with Crippen molar-refractivity contribution < 1.29 is 13.2 Å². The second kappa shape index (κ2) is 4.98. The third-order valence-corrected chi connectivity index (χ3v) is 5.09. The molecule has 0 radical (unpaired) electrons. The van der Waals surface area contributed by atoms with Gasteiger partial charge in [-0.3, -0.25) is 0 Å². The van der Waals surface area contributed by atoms with Crippen molar-refractivity contribution in [1.29, 1.82) is 0 Å². The molecule has 1 aromatic rings. The summed E-state index contributed by atoms with van der Waals surface area (Å²) in [5.41, 5.74) is 1.05. The molecule has 1 aromatic carbocycles. The molecule has 0 heterocycles. The van der Waals surface area contributed by atoms with Gasteiger partial charge >= 0.3 is 0 Å². The Morgan fingerprint density at radius 3 is 2.39 bits per heavy atom. The number of hydrogen-bond donors (Lipinski definition) is 0. The van der Waals surface area contributed by atoms with E-state index in [1.165, 1.54) is 0 Å². The van der Waals surface area contributed by atoms with Crippen molar-refractivity contribution >= 4 is 9.84 Å². The summed E-state index contributed by atoms with van der Waals surface area (Å²) < 4.78 is 29.8. The predicted octanol–water partition coefficient (Wildman–Crippen LogP) is 2.63. The molecular formula is C14H16O3S. The van der Waals surface area contributed by atoms with Crippen LogP contribution in [0.5, 0.6) is 0 Å². The lowest BCUT2D eigenvalue weighted by atomic mass is 10.2. The van der Waals surface area contributed by atoms with Crippen molar-refractivity contribution in [3.63, 3.8) is 0 Å². The topological polar surface area (TPSA) is 43.4 Å². The van der Waals surface area contributed by atoms with E-state index in [1.807, 2.05) is 19.1 Å². The van der Waals surface area contributed by atoms with E-state index >= 15 is 0 Å². The van der Waals surface area contributed by atoms with Crippen LogP contribution in [0.15, 0.2) is 53.1 Å². The number of benzene rings is 1. The van der Waals surface area contributed by atoms with Crippen LogP contribution < -0.4 is 0 Å². The standard InChI is InChI=1S/C14H16O3S/c1-11-3-7-13(8-4-11)18(15,16)14-9-5-12(17-2)6-10-14/h3-9,14H,10H2,1-2H3. The zero-order valence-corrected chi connectivity index (χ0v) is 11.3. The van der Waals surface area contributed by atoms with Crippen LogP contribution in [0.25, 0.3) is 0 Å². The lowest BCUT2D eigenvalue weighted by molar-refractivity contribution is 0.303. The zero-order valence-electron chi connectivity index (χ0n) is 10.5. The van der Waals surface area contributed by atoms with Crippen LogP contribution in [0.2, 0.25) is 0 Å². The summed E-state index contributed by atoms with van der Waals surface area (Å²) >= 11 is 0. The average molecular weight is 264 g/mol. The fourth-order valence-electron chi connectivity index (χ4n) is 1.87. The molecular weight excluding hydrogens is 248 g/mol. The molecule has 0 amide bonds. The number of allylic oxidation sites excluding steroid dienone is 2. The van der Waals surface area contributed by atoms with Gasteiger partial charge in [0.2, 0.25) is 0 Å².